The second-order valence-electron chi connectivity index (χ2n) is 5.30. The van der Waals surface area contributed by atoms with Crippen molar-refractivity contribution in [2.75, 3.05) is 11.9 Å². The fraction of sp³-hybridized carbons (Fsp3) is 0.692. The average Bonchev–Trinajstić information content (AvgIpc) is 2.92. The van der Waals surface area contributed by atoms with E-state index in [2.05, 4.69) is 24.3 Å². The summed E-state index contributed by atoms with van der Waals surface area (Å²) in [4.78, 5) is 10.8. The number of carbonyl (C=O) groups is 1. The van der Waals surface area contributed by atoms with Gasteiger partial charge in [-0.3, -0.25) is 4.68 Å². The minimum absolute atomic E-state index is 0.0404. The van der Waals surface area contributed by atoms with Gasteiger partial charge in [-0.1, -0.05) is 13.8 Å². The van der Waals surface area contributed by atoms with Crippen LogP contribution >= 0.6 is 0 Å². The van der Waals surface area contributed by atoms with Crippen LogP contribution in [0.25, 0.3) is 0 Å². The molecule has 2 N–H and O–H groups in total. The molecule has 0 radical (unpaired) electrons. The van der Waals surface area contributed by atoms with Gasteiger partial charge in [0.1, 0.15) is 0 Å². The number of carboxylic acid groups (broad SMARTS) is 1. The number of carboxylic acids is 1. The molecule has 0 aliphatic carbocycles. The van der Waals surface area contributed by atoms with Crippen LogP contribution in [0.1, 0.15) is 38.3 Å². The first-order valence-electron chi connectivity index (χ1n) is 6.63. The summed E-state index contributed by atoms with van der Waals surface area (Å²) >= 11 is 0. The Morgan fingerprint density at radius 2 is 2.37 bits per heavy atom. The Morgan fingerprint density at radius 1 is 1.63 bits per heavy atom. The van der Waals surface area contributed by atoms with Crippen molar-refractivity contribution < 1.29 is 14.6 Å². The van der Waals surface area contributed by atoms with Crippen LogP contribution in [0.5, 0.6) is 0 Å². The number of aromatic nitrogens is 2. The Bertz CT molecular complexity index is 456. The van der Waals surface area contributed by atoms with E-state index in [1.807, 2.05) is 13.2 Å². The van der Waals surface area contributed by atoms with Gasteiger partial charge in [0.15, 0.2) is 6.10 Å². The largest absolute Gasteiger partial charge is 0.479 e. The molecular formula is C13H21N3O3. The smallest absolute Gasteiger partial charge is 0.332 e. The summed E-state index contributed by atoms with van der Waals surface area (Å²) in [5, 5.41) is 16.6. The highest BCUT2D eigenvalue weighted by Gasteiger charge is 2.30. The molecule has 106 valence electrons. The number of anilines is 1. The van der Waals surface area contributed by atoms with E-state index in [9.17, 15) is 4.79 Å². The number of hydrogen-bond acceptors (Lipinski definition) is 4. The van der Waals surface area contributed by atoms with E-state index in [0.29, 0.717) is 18.9 Å². The van der Waals surface area contributed by atoms with E-state index < -0.39 is 12.1 Å². The fourth-order valence-corrected chi connectivity index (χ4v) is 2.33. The van der Waals surface area contributed by atoms with Crippen molar-refractivity contribution in [1.82, 2.24) is 9.78 Å². The van der Waals surface area contributed by atoms with Crippen LogP contribution in [-0.2, 0) is 16.6 Å². The second kappa shape index (κ2) is 5.61. The van der Waals surface area contributed by atoms with Crippen molar-refractivity contribution in [3.63, 3.8) is 0 Å². The van der Waals surface area contributed by atoms with E-state index in [4.69, 9.17) is 9.84 Å². The molecule has 0 spiro atoms. The first kappa shape index (κ1) is 13.9. The quantitative estimate of drug-likeness (QED) is 0.847. The van der Waals surface area contributed by atoms with Gasteiger partial charge in [-0.25, -0.2) is 4.79 Å². The summed E-state index contributed by atoms with van der Waals surface area (Å²) in [5.74, 6) is -0.522. The van der Waals surface area contributed by atoms with E-state index in [0.717, 1.165) is 17.8 Å². The molecule has 1 aromatic heterocycles. The van der Waals surface area contributed by atoms with Gasteiger partial charge in [0.05, 0.1) is 17.5 Å². The molecule has 1 aliphatic heterocycles. The van der Waals surface area contributed by atoms with Crippen LogP contribution < -0.4 is 5.32 Å². The zero-order valence-electron chi connectivity index (χ0n) is 11.6. The number of rotatable bonds is 5. The molecular weight excluding hydrogens is 246 g/mol. The number of aryl methyl sites for hydroxylation is 1. The third kappa shape index (κ3) is 3.26. The van der Waals surface area contributed by atoms with Gasteiger partial charge in [0.2, 0.25) is 0 Å². The maximum Gasteiger partial charge on any atom is 0.332 e. The molecule has 1 saturated heterocycles. The second-order valence-corrected chi connectivity index (χ2v) is 5.30. The normalized spacial score (nSPS) is 22.9. The molecule has 2 heterocycles. The van der Waals surface area contributed by atoms with Gasteiger partial charge < -0.3 is 15.2 Å². The Kier molecular flexibility index (Phi) is 4.09. The van der Waals surface area contributed by atoms with Gasteiger partial charge in [0.25, 0.3) is 0 Å². The summed E-state index contributed by atoms with van der Waals surface area (Å²) in [6.45, 7) is 4.81. The molecule has 0 amide bonds. The summed E-state index contributed by atoms with van der Waals surface area (Å²) in [5.41, 5.74) is 2.02. The highest BCUT2D eigenvalue weighted by molar-refractivity contribution is 5.72. The van der Waals surface area contributed by atoms with Crippen molar-refractivity contribution in [1.29, 1.82) is 0 Å². The van der Waals surface area contributed by atoms with Crippen LogP contribution in [0.2, 0.25) is 0 Å². The molecule has 19 heavy (non-hydrogen) atoms. The highest BCUT2D eigenvalue weighted by Crippen LogP contribution is 2.24. The third-order valence-electron chi connectivity index (χ3n) is 3.31. The molecule has 0 aromatic carbocycles. The summed E-state index contributed by atoms with van der Waals surface area (Å²) in [6.07, 6.45) is 2.62. The Balaban J connectivity index is 1.91. The molecule has 1 fully saturated rings. The van der Waals surface area contributed by atoms with Crippen molar-refractivity contribution in [2.24, 2.45) is 7.05 Å². The van der Waals surface area contributed by atoms with Crippen LogP contribution in [0, 0.1) is 0 Å². The van der Waals surface area contributed by atoms with Crippen LogP contribution in [0.15, 0.2) is 6.20 Å². The van der Waals surface area contributed by atoms with Crippen LogP contribution in [0.4, 0.5) is 5.69 Å². The fourth-order valence-electron chi connectivity index (χ4n) is 2.33. The molecule has 2 rings (SSSR count). The molecule has 2 atom stereocenters. The summed E-state index contributed by atoms with van der Waals surface area (Å²) in [7, 11) is 1.89. The Morgan fingerprint density at radius 3 is 2.95 bits per heavy atom. The Labute approximate surface area is 112 Å². The van der Waals surface area contributed by atoms with Crippen molar-refractivity contribution in [3.05, 3.63) is 11.9 Å². The molecule has 1 aliphatic rings. The zero-order chi connectivity index (χ0) is 14.0. The number of hydrogen-bond donors (Lipinski definition) is 2. The minimum atomic E-state index is -0.869. The number of aliphatic carboxylic acids is 1. The van der Waals surface area contributed by atoms with E-state index in [1.54, 1.807) is 4.68 Å². The minimum Gasteiger partial charge on any atom is -0.479 e. The number of ether oxygens (including phenoxy) is 1. The van der Waals surface area contributed by atoms with E-state index in [-0.39, 0.29) is 6.10 Å². The summed E-state index contributed by atoms with van der Waals surface area (Å²) in [6, 6.07) is 0. The summed E-state index contributed by atoms with van der Waals surface area (Å²) < 4.78 is 7.25. The van der Waals surface area contributed by atoms with Gasteiger partial charge in [-0.15, -0.1) is 0 Å². The first-order chi connectivity index (χ1) is 8.97. The Hall–Kier alpha value is -1.56. The predicted octanol–water partition coefficient (Wildman–Crippen LogP) is 1.59. The van der Waals surface area contributed by atoms with Gasteiger partial charge in [-0.2, -0.15) is 5.10 Å². The van der Waals surface area contributed by atoms with Crippen molar-refractivity contribution >= 4 is 11.7 Å². The van der Waals surface area contributed by atoms with E-state index in [1.165, 1.54) is 0 Å². The van der Waals surface area contributed by atoms with Crippen molar-refractivity contribution in [3.8, 4) is 0 Å². The maximum absolute atomic E-state index is 10.8. The molecule has 0 bridgehead atoms. The number of nitrogens with one attached hydrogen (secondary N) is 1. The molecule has 6 heteroatoms. The van der Waals surface area contributed by atoms with Crippen molar-refractivity contribution in [2.45, 2.75) is 44.8 Å². The lowest BCUT2D eigenvalue weighted by atomic mass is 10.1. The molecule has 0 saturated carbocycles. The lowest BCUT2D eigenvalue weighted by Crippen LogP contribution is -2.24. The van der Waals surface area contributed by atoms with Gasteiger partial charge >= 0.3 is 5.97 Å². The molecule has 6 nitrogen and oxygen atoms in total. The van der Waals surface area contributed by atoms with Crippen LogP contribution in [-0.4, -0.2) is 39.6 Å². The lowest BCUT2D eigenvalue weighted by molar-refractivity contribution is -0.149. The van der Waals surface area contributed by atoms with Gasteiger partial charge in [0, 0.05) is 19.8 Å². The SMILES string of the molecule is CC(C)c1nn(C)cc1NCC1CCC(C(=O)O)O1. The lowest BCUT2D eigenvalue weighted by Gasteiger charge is -2.13. The average molecular weight is 267 g/mol. The van der Waals surface area contributed by atoms with Crippen LogP contribution in [0.3, 0.4) is 0 Å². The standard InChI is InChI=1S/C13H21N3O3/c1-8(2)12-10(7-16(3)15-12)14-6-9-4-5-11(19-9)13(17)18/h7-9,11,14H,4-6H2,1-3H3,(H,17,18). The number of nitrogens with zero attached hydrogens (tertiary/aromatic N) is 2. The predicted molar refractivity (Wildman–Crippen MR) is 71.3 cm³/mol. The zero-order valence-corrected chi connectivity index (χ0v) is 11.6. The third-order valence-corrected chi connectivity index (χ3v) is 3.31. The maximum atomic E-state index is 10.8. The monoisotopic (exact) mass is 267 g/mol. The molecule has 1 aromatic rings. The van der Waals surface area contributed by atoms with Gasteiger partial charge in [-0.05, 0) is 18.8 Å². The highest BCUT2D eigenvalue weighted by atomic mass is 16.5. The van der Waals surface area contributed by atoms with E-state index >= 15 is 0 Å². The first-order valence-corrected chi connectivity index (χ1v) is 6.63. The topological polar surface area (TPSA) is 76.4 Å². The molecule has 2 unspecified atom stereocenters.